The van der Waals surface area contributed by atoms with Crippen molar-refractivity contribution in [2.75, 3.05) is 5.43 Å². The van der Waals surface area contributed by atoms with Crippen LogP contribution >= 0.6 is 0 Å². The van der Waals surface area contributed by atoms with Crippen LogP contribution in [0.4, 0.5) is 17.1 Å². The van der Waals surface area contributed by atoms with Gasteiger partial charge in [0, 0.05) is 17.6 Å². The fraction of sp³-hybridized carbons (Fsp3) is 0.353. The summed E-state index contributed by atoms with van der Waals surface area (Å²) in [7, 11) is -15.5. The third-order valence-corrected chi connectivity index (χ3v) is 11.4. The Kier molecular flexibility index (Phi) is 12.5. The Bertz CT molecular complexity index is 2180. The average Bonchev–Trinajstić information content (AvgIpc) is 3.10. The van der Waals surface area contributed by atoms with Crippen LogP contribution in [0.5, 0.6) is 0 Å². The van der Waals surface area contributed by atoms with Gasteiger partial charge in [0.2, 0.25) is 5.78 Å². The minimum absolute atomic E-state index is 0.210. The summed E-state index contributed by atoms with van der Waals surface area (Å²) in [6.07, 6.45) is 15.1. The number of Topliss-reactive ketones (excluding diaryl/α,β-unsaturated/α-hetero) is 1. The summed E-state index contributed by atoms with van der Waals surface area (Å²) in [6.45, 7) is 0. The number of hydrogen-bond donors (Lipinski definition) is 5. The highest BCUT2D eigenvalue weighted by molar-refractivity contribution is 7.91. The van der Waals surface area contributed by atoms with Crippen molar-refractivity contribution in [2.45, 2.75) is 86.1 Å². The van der Waals surface area contributed by atoms with Gasteiger partial charge in [0.15, 0.2) is 0 Å². The van der Waals surface area contributed by atoms with E-state index in [9.17, 15) is 43.7 Å². The fourth-order valence-corrected chi connectivity index (χ4v) is 8.24. The highest BCUT2D eigenvalue weighted by Gasteiger charge is 2.38. The monoisotopic (exact) mass is 773 g/mol. The lowest BCUT2D eigenvalue weighted by Crippen LogP contribution is -2.40. The van der Waals surface area contributed by atoms with Crippen molar-refractivity contribution in [3.05, 3.63) is 82.8 Å². The van der Waals surface area contributed by atoms with E-state index in [4.69, 9.17) is 0 Å². The van der Waals surface area contributed by atoms with Gasteiger partial charge in [-0.3, -0.25) is 23.9 Å². The third kappa shape index (κ3) is 10.5. The summed E-state index contributed by atoms with van der Waals surface area (Å²) in [6, 6.07) is 17.5. The van der Waals surface area contributed by atoms with Crippen molar-refractivity contribution in [2.24, 2.45) is 15.3 Å². The molecule has 0 amide bonds. The molecule has 0 radical (unpaired) electrons. The lowest BCUT2D eigenvalue weighted by atomic mass is 9.91. The van der Waals surface area contributed by atoms with Crippen molar-refractivity contribution >= 4 is 65.0 Å². The molecule has 0 atom stereocenters. The fourth-order valence-electron chi connectivity index (χ4n) is 6.27. The zero-order chi connectivity index (χ0) is 37.5. The minimum atomic E-state index is -5.25. The largest absolute Gasteiger partial charge is 0.311 e. The lowest BCUT2D eigenvalue weighted by molar-refractivity contribution is -0.109. The van der Waals surface area contributed by atoms with E-state index < -0.39 is 67.7 Å². The van der Waals surface area contributed by atoms with Crippen LogP contribution in [0.25, 0.3) is 6.08 Å². The predicted molar refractivity (Wildman–Crippen MR) is 195 cm³/mol. The molecular weight excluding hydrogens is 735 g/mol. The molecule has 52 heavy (non-hydrogen) atoms. The third-order valence-electron chi connectivity index (χ3n) is 8.81. The topological polar surface area (TPSA) is 241 Å². The van der Waals surface area contributed by atoms with Crippen molar-refractivity contribution < 1.29 is 43.7 Å². The highest BCUT2D eigenvalue weighted by Crippen LogP contribution is 2.33. The Balaban J connectivity index is 0.000000335. The second-order valence-corrected chi connectivity index (χ2v) is 16.8. The summed E-state index contributed by atoms with van der Waals surface area (Å²) < 4.78 is 99.7. The molecule has 278 valence electrons. The maximum atomic E-state index is 12.9. The van der Waals surface area contributed by atoms with Gasteiger partial charge >= 0.3 is 0 Å². The molecule has 0 unspecified atom stereocenters. The first kappa shape index (κ1) is 39.0. The molecule has 0 spiro atoms. The second kappa shape index (κ2) is 16.7. The maximum Gasteiger partial charge on any atom is 0.298 e. The van der Waals surface area contributed by atoms with Crippen LogP contribution in [-0.2, 0) is 35.1 Å². The SMILES string of the molecule is C1CCC(NC2CCCCC2)CC1.O=C1C(S(=O)(=O)O)=Cc2cc(S(=O)(=O)O)cc(S(=O)(=O)O)c2/C1=N/Nc1ccc(N=Nc2ccccc2)cc1. The molecule has 3 aliphatic rings. The number of nitrogens with one attached hydrogen (secondary N) is 2. The first-order valence-electron chi connectivity index (χ1n) is 16.6. The number of carbonyl (C=O) groups is 1. The number of fused-ring (bicyclic) bond motifs is 1. The molecule has 15 nitrogen and oxygen atoms in total. The molecule has 0 heterocycles. The summed E-state index contributed by atoms with van der Waals surface area (Å²) in [5.41, 5.74) is 1.53. The number of nitrogens with zero attached hydrogens (tertiary/aromatic N) is 3. The number of rotatable bonds is 9. The van der Waals surface area contributed by atoms with Gasteiger partial charge in [0.05, 0.1) is 22.0 Å². The summed E-state index contributed by atoms with van der Waals surface area (Å²) in [5, 5.41) is 15.8. The van der Waals surface area contributed by atoms with Gasteiger partial charge in [-0.05, 0) is 85.9 Å². The molecule has 0 bridgehead atoms. The van der Waals surface area contributed by atoms with E-state index in [2.05, 4.69) is 26.1 Å². The molecule has 0 aliphatic heterocycles. The number of hydrazone groups is 1. The van der Waals surface area contributed by atoms with Gasteiger partial charge < -0.3 is 5.32 Å². The van der Waals surface area contributed by atoms with Crippen molar-refractivity contribution in [3.8, 4) is 0 Å². The maximum absolute atomic E-state index is 12.9. The minimum Gasteiger partial charge on any atom is -0.311 e. The standard InChI is InChI=1S/C22H16N4O10S3.C12H23N/c27-22-19(39(34,35)36)11-13-10-17(37(28,29)30)12-18(38(31,32)33)20(13)21(22)26-25-16-8-6-15(7-9-16)24-23-14-4-2-1-3-5-14;1-3-7-11(8-4-1)13-12-9-5-2-6-10-12/h1-12,25H,(H,28,29,30)(H,31,32,33)(H,34,35,36);11-13H,1-10H2/b24-23?,26-21-;. The van der Waals surface area contributed by atoms with Crippen molar-refractivity contribution in [1.82, 2.24) is 5.32 Å². The Hall–Kier alpha value is -4.17. The predicted octanol–water partition coefficient (Wildman–Crippen LogP) is 6.46. The summed E-state index contributed by atoms with van der Waals surface area (Å²) in [5.74, 6) is -1.46. The highest BCUT2D eigenvalue weighted by atomic mass is 32.2. The Labute approximate surface area is 302 Å². The van der Waals surface area contributed by atoms with Crippen LogP contribution in [-0.4, -0.2) is 62.5 Å². The normalized spacial score (nSPS) is 18.4. The van der Waals surface area contributed by atoms with Gasteiger partial charge in [-0.25, -0.2) is 0 Å². The number of hydrogen-bond acceptors (Lipinski definition) is 12. The number of ketones is 1. The molecular formula is C34H39N5O10S3. The number of azo groups is 1. The Morgan fingerprint density at radius 3 is 1.67 bits per heavy atom. The van der Waals surface area contributed by atoms with Crippen LogP contribution in [0.15, 0.2) is 96.8 Å². The van der Waals surface area contributed by atoms with Crippen molar-refractivity contribution in [1.29, 1.82) is 0 Å². The number of benzene rings is 3. The molecule has 6 rings (SSSR count). The van der Waals surface area contributed by atoms with Gasteiger partial charge in [-0.2, -0.15) is 40.6 Å². The first-order valence-corrected chi connectivity index (χ1v) is 21.0. The Morgan fingerprint density at radius 1 is 0.635 bits per heavy atom. The zero-order valence-corrected chi connectivity index (χ0v) is 30.4. The van der Waals surface area contributed by atoms with E-state index in [1.807, 2.05) is 6.07 Å². The number of carbonyl (C=O) groups excluding carboxylic acids is 1. The van der Waals surface area contributed by atoms with Crippen molar-refractivity contribution in [3.63, 3.8) is 0 Å². The van der Waals surface area contributed by atoms with E-state index >= 15 is 0 Å². The molecule has 5 N–H and O–H groups in total. The molecule has 18 heteroatoms. The van der Waals surface area contributed by atoms with Crippen LogP contribution in [0.1, 0.15) is 75.3 Å². The van der Waals surface area contributed by atoms with Crippen LogP contribution < -0.4 is 10.7 Å². The van der Waals surface area contributed by atoms with Crippen LogP contribution in [0.2, 0.25) is 0 Å². The zero-order valence-electron chi connectivity index (χ0n) is 27.9. The van der Waals surface area contributed by atoms with Gasteiger partial charge in [-0.1, -0.05) is 56.7 Å². The molecule has 3 aromatic rings. The smallest absolute Gasteiger partial charge is 0.298 e. The summed E-state index contributed by atoms with van der Waals surface area (Å²) in [4.78, 5) is 9.48. The van der Waals surface area contributed by atoms with Gasteiger partial charge in [0.25, 0.3) is 30.4 Å². The van der Waals surface area contributed by atoms with E-state index in [0.29, 0.717) is 29.6 Å². The van der Waals surface area contributed by atoms with Gasteiger partial charge in [0.1, 0.15) is 15.5 Å². The van der Waals surface area contributed by atoms with Crippen LogP contribution in [0.3, 0.4) is 0 Å². The molecule has 2 fully saturated rings. The van der Waals surface area contributed by atoms with E-state index in [1.165, 1.54) is 88.5 Å². The second-order valence-electron chi connectivity index (χ2n) is 12.6. The molecule has 0 saturated heterocycles. The first-order chi connectivity index (χ1) is 24.6. The summed E-state index contributed by atoms with van der Waals surface area (Å²) >= 11 is 0. The van der Waals surface area contributed by atoms with E-state index in [1.54, 1.807) is 24.3 Å². The molecule has 2 saturated carbocycles. The molecule has 0 aromatic heterocycles. The number of anilines is 1. The average molecular weight is 774 g/mol. The van der Waals surface area contributed by atoms with Crippen LogP contribution in [0, 0.1) is 0 Å². The Morgan fingerprint density at radius 2 is 1.17 bits per heavy atom. The number of allylic oxidation sites excluding steroid dienone is 1. The quantitative estimate of drug-likeness (QED) is 0.0894. The van der Waals surface area contributed by atoms with Gasteiger partial charge in [-0.15, -0.1) is 0 Å². The van der Waals surface area contributed by atoms with E-state index in [0.717, 1.165) is 12.1 Å². The van der Waals surface area contributed by atoms with E-state index in [-0.39, 0.29) is 5.69 Å². The molecule has 3 aliphatic carbocycles. The lowest BCUT2D eigenvalue weighted by Gasteiger charge is -2.30. The molecule has 3 aromatic carbocycles.